The largest absolute Gasteiger partial charge is 0.467 e. The maximum Gasteiger partial charge on any atom is 0.339 e. The van der Waals surface area contributed by atoms with Gasteiger partial charge in [0.1, 0.15) is 0 Å². The molecule has 0 aromatic carbocycles. The molecule has 1 aliphatic rings. The molecule has 9 nitrogen and oxygen atoms in total. The van der Waals surface area contributed by atoms with Gasteiger partial charge in [-0.3, -0.25) is 14.4 Å². The molecule has 1 rings (SSSR count). The Kier molecular flexibility index (Phi) is 6.95. The molecular formula is C13H17BrO9. The third kappa shape index (κ3) is 5.17. The maximum atomic E-state index is 11.9. The lowest BCUT2D eigenvalue weighted by atomic mass is 9.99. The summed E-state index contributed by atoms with van der Waals surface area (Å²) < 4.78 is 25.2. The standard InChI is InChI=1S/C13H17BrO9/c1-5(15)20-8-9(21-6(2)16)11(13(18)19-4)23-12(14)10(8)22-7(3)17/h8-12H,1-4H3/t8-,9-,10?,11?,12+/m0/s1. The zero-order valence-corrected chi connectivity index (χ0v) is 14.5. The van der Waals surface area contributed by atoms with E-state index in [0.717, 1.165) is 27.9 Å². The molecule has 0 spiro atoms. The van der Waals surface area contributed by atoms with Crippen molar-refractivity contribution in [3.05, 3.63) is 0 Å². The van der Waals surface area contributed by atoms with Gasteiger partial charge in [-0.25, -0.2) is 4.79 Å². The second kappa shape index (κ2) is 8.25. The highest BCUT2D eigenvalue weighted by Crippen LogP contribution is 2.31. The molecule has 0 saturated carbocycles. The van der Waals surface area contributed by atoms with E-state index in [0.29, 0.717) is 0 Å². The van der Waals surface area contributed by atoms with Crippen molar-refractivity contribution < 1.29 is 42.9 Å². The summed E-state index contributed by atoms with van der Waals surface area (Å²) in [5.74, 6) is -2.95. The van der Waals surface area contributed by atoms with Crippen molar-refractivity contribution in [1.29, 1.82) is 0 Å². The Balaban J connectivity index is 3.21. The van der Waals surface area contributed by atoms with E-state index < -0.39 is 53.3 Å². The highest BCUT2D eigenvalue weighted by Gasteiger charge is 2.53. The number of carbonyl (C=O) groups is 4. The molecule has 1 fully saturated rings. The van der Waals surface area contributed by atoms with Gasteiger partial charge in [0.25, 0.3) is 0 Å². The number of esters is 4. The molecule has 10 heteroatoms. The van der Waals surface area contributed by atoms with Crippen LogP contribution in [0.3, 0.4) is 0 Å². The Morgan fingerprint density at radius 3 is 1.70 bits per heavy atom. The van der Waals surface area contributed by atoms with Crippen LogP contribution in [0.25, 0.3) is 0 Å². The van der Waals surface area contributed by atoms with Gasteiger partial charge in [-0.2, -0.15) is 0 Å². The zero-order chi connectivity index (χ0) is 17.7. The Bertz CT molecular complexity index is 492. The topological polar surface area (TPSA) is 114 Å². The molecule has 1 heterocycles. The van der Waals surface area contributed by atoms with E-state index in [1.165, 1.54) is 0 Å². The van der Waals surface area contributed by atoms with E-state index in [-0.39, 0.29) is 0 Å². The molecular weight excluding hydrogens is 380 g/mol. The predicted octanol–water partition coefficient (Wildman–Crippen LogP) is 0.0743. The van der Waals surface area contributed by atoms with Crippen LogP contribution in [0.2, 0.25) is 0 Å². The van der Waals surface area contributed by atoms with E-state index in [2.05, 4.69) is 20.7 Å². The van der Waals surface area contributed by atoms with E-state index in [1.54, 1.807) is 0 Å². The Hall–Kier alpha value is -1.68. The van der Waals surface area contributed by atoms with Crippen LogP contribution in [0.1, 0.15) is 20.8 Å². The van der Waals surface area contributed by atoms with Gasteiger partial charge in [0.05, 0.1) is 7.11 Å². The Morgan fingerprint density at radius 1 is 0.826 bits per heavy atom. The first-order valence-electron chi connectivity index (χ1n) is 6.56. The van der Waals surface area contributed by atoms with Crippen molar-refractivity contribution >= 4 is 39.8 Å². The molecule has 5 atom stereocenters. The number of alkyl halides is 1. The third-order valence-corrected chi connectivity index (χ3v) is 3.56. The molecule has 0 N–H and O–H groups in total. The van der Waals surface area contributed by atoms with E-state index in [9.17, 15) is 19.2 Å². The summed E-state index contributed by atoms with van der Waals surface area (Å²) in [6.45, 7) is 3.39. The fourth-order valence-electron chi connectivity index (χ4n) is 2.07. The smallest absolute Gasteiger partial charge is 0.339 e. The maximum absolute atomic E-state index is 11.9. The van der Waals surface area contributed by atoms with Crippen LogP contribution in [0.5, 0.6) is 0 Å². The summed E-state index contributed by atoms with van der Waals surface area (Å²) in [6, 6.07) is 0. The normalized spacial score (nSPS) is 30.0. The highest BCUT2D eigenvalue weighted by atomic mass is 79.9. The van der Waals surface area contributed by atoms with Gasteiger partial charge in [-0.1, -0.05) is 15.9 Å². The molecule has 0 bridgehead atoms. The Morgan fingerprint density at radius 2 is 1.26 bits per heavy atom. The van der Waals surface area contributed by atoms with Crippen LogP contribution in [-0.2, 0) is 42.9 Å². The van der Waals surface area contributed by atoms with Crippen LogP contribution in [0, 0.1) is 0 Å². The lowest BCUT2D eigenvalue weighted by Gasteiger charge is -2.41. The molecule has 2 unspecified atom stereocenters. The van der Waals surface area contributed by atoms with Gasteiger partial charge >= 0.3 is 23.9 Å². The summed E-state index contributed by atoms with van der Waals surface area (Å²) in [5.41, 5.74) is 0. The summed E-state index contributed by atoms with van der Waals surface area (Å²) in [7, 11) is 1.12. The van der Waals surface area contributed by atoms with Crippen LogP contribution in [0.4, 0.5) is 0 Å². The average molecular weight is 397 g/mol. The first kappa shape index (κ1) is 19.4. The van der Waals surface area contributed by atoms with Crippen LogP contribution in [-0.4, -0.2) is 60.4 Å². The van der Waals surface area contributed by atoms with Crippen LogP contribution in [0.15, 0.2) is 0 Å². The van der Waals surface area contributed by atoms with Crippen molar-refractivity contribution in [2.45, 2.75) is 50.2 Å². The molecule has 0 radical (unpaired) electrons. The van der Waals surface area contributed by atoms with Gasteiger partial charge in [0.2, 0.25) is 0 Å². The fourth-order valence-corrected chi connectivity index (χ4v) is 2.71. The molecule has 1 aliphatic heterocycles. The number of ether oxygens (including phenoxy) is 5. The molecule has 23 heavy (non-hydrogen) atoms. The first-order valence-corrected chi connectivity index (χ1v) is 7.48. The SMILES string of the molecule is COC(=O)C1O[C@@H](Br)C(OC(C)=O)[C@@H](OC(C)=O)[C@@H]1OC(C)=O. The summed E-state index contributed by atoms with van der Waals surface area (Å²) in [4.78, 5) is 45.8. The van der Waals surface area contributed by atoms with Crippen molar-refractivity contribution in [2.24, 2.45) is 0 Å². The fraction of sp³-hybridized carbons (Fsp3) is 0.692. The van der Waals surface area contributed by atoms with E-state index in [1.807, 2.05) is 0 Å². The summed E-state index contributed by atoms with van der Waals surface area (Å²) >= 11 is 3.11. The lowest BCUT2D eigenvalue weighted by molar-refractivity contribution is -0.234. The predicted molar refractivity (Wildman–Crippen MR) is 76.3 cm³/mol. The minimum absolute atomic E-state index is 0.668. The first-order chi connectivity index (χ1) is 10.7. The van der Waals surface area contributed by atoms with Gasteiger partial charge < -0.3 is 23.7 Å². The second-order valence-corrected chi connectivity index (χ2v) is 5.56. The number of rotatable bonds is 4. The number of methoxy groups -OCH3 is 1. The van der Waals surface area contributed by atoms with Gasteiger partial charge in [-0.15, -0.1) is 0 Å². The molecule has 1 saturated heterocycles. The molecule has 0 aromatic rings. The van der Waals surface area contributed by atoms with Crippen LogP contribution < -0.4 is 0 Å². The van der Waals surface area contributed by atoms with E-state index in [4.69, 9.17) is 18.9 Å². The number of carbonyl (C=O) groups excluding carboxylic acids is 4. The van der Waals surface area contributed by atoms with Crippen molar-refractivity contribution in [3.63, 3.8) is 0 Å². The quantitative estimate of drug-likeness (QED) is 0.369. The molecule has 0 amide bonds. The third-order valence-electron chi connectivity index (χ3n) is 2.82. The van der Waals surface area contributed by atoms with Gasteiger partial charge in [0, 0.05) is 20.8 Å². The number of halogens is 1. The molecule has 0 aromatic heterocycles. The van der Waals surface area contributed by atoms with E-state index >= 15 is 0 Å². The van der Waals surface area contributed by atoms with Crippen molar-refractivity contribution in [3.8, 4) is 0 Å². The Labute approximate surface area is 140 Å². The summed E-state index contributed by atoms with van der Waals surface area (Å²) in [6.07, 6.45) is -5.06. The monoisotopic (exact) mass is 396 g/mol. The van der Waals surface area contributed by atoms with Crippen LogP contribution >= 0.6 is 15.9 Å². The van der Waals surface area contributed by atoms with Gasteiger partial charge in [-0.05, 0) is 0 Å². The molecule has 130 valence electrons. The van der Waals surface area contributed by atoms with Crippen molar-refractivity contribution in [2.75, 3.05) is 7.11 Å². The second-order valence-electron chi connectivity index (χ2n) is 4.65. The number of hydrogen-bond donors (Lipinski definition) is 0. The van der Waals surface area contributed by atoms with Crippen molar-refractivity contribution in [1.82, 2.24) is 0 Å². The average Bonchev–Trinajstić information content (AvgIpc) is 2.43. The minimum atomic E-state index is -1.36. The summed E-state index contributed by atoms with van der Waals surface area (Å²) in [5, 5.41) is -0.980. The highest BCUT2D eigenvalue weighted by molar-refractivity contribution is 9.09. The lowest BCUT2D eigenvalue weighted by Crippen LogP contribution is -2.61. The minimum Gasteiger partial charge on any atom is -0.467 e. The number of hydrogen-bond acceptors (Lipinski definition) is 9. The molecule has 0 aliphatic carbocycles. The zero-order valence-electron chi connectivity index (χ0n) is 12.9. The van der Waals surface area contributed by atoms with Gasteiger partial charge in [0.15, 0.2) is 29.4 Å².